The quantitative estimate of drug-likeness (QED) is 0.515. The molecule has 0 radical (unpaired) electrons. The second-order valence-electron chi connectivity index (χ2n) is 5.60. The van der Waals surface area contributed by atoms with Crippen LogP contribution in [0, 0.1) is 5.82 Å². The van der Waals surface area contributed by atoms with Gasteiger partial charge in [0.05, 0.1) is 5.56 Å². The van der Waals surface area contributed by atoms with Crippen LogP contribution in [0.5, 0.6) is 0 Å². The van der Waals surface area contributed by atoms with Crippen molar-refractivity contribution in [1.82, 2.24) is 0 Å². The van der Waals surface area contributed by atoms with E-state index in [9.17, 15) is 14.0 Å². The van der Waals surface area contributed by atoms with E-state index < -0.39 is 11.7 Å². The molecule has 0 heterocycles. The van der Waals surface area contributed by atoms with Gasteiger partial charge in [-0.3, -0.25) is 4.79 Å². The van der Waals surface area contributed by atoms with Crippen molar-refractivity contribution in [3.63, 3.8) is 0 Å². The summed E-state index contributed by atoms with van der Waals surface area (Å²) >= 11 is 3.23. The molecule has 27 heavy (non-hydrogen) atoms. The van der Waals surface area contributed by atoms with Crippen molar-refractivity contribution < 1.29 is 14.0 Å². The molecule has 136 valence electrons. The second-order valence-corrected chi connectivity index (χ2v) is 6.46. The normalized spacial score (nSPS) is 10.1. The monoisotopic (exact) mass is 427 g/mol. The van der Waals surface area contributed by atoms with Crippen molar-refractivity contribution in [1.29, 1.82) is 0 Å². The molecular formula is C20H15BrFN3O2. The fourth-order valence-electron chi connectivity index (χ4n) is 2.32. The molecule has 5 nitrogen and oxygen atoms in total. The third kappa shape index (κ3) is 5.15. The predicted octanol–water partition coefficient (Wildman–Crippen LogP) is 5.48. The van der Waals surface area contributed by atoms with E-state index in [1.807, 2.05) is 18.2 Å². The number of rotatable bonds is 4. The highest BCUT2D eigenvalue weighted by atomic mass is 79.9. The minimum Gasteiger partial charge on any atom is -0.322 e. The summed E-state index contributed by atoms with van der Waals surface area (Å²) in [7, 11) is 0. The Kier molecular flexibility index (Phi) is 5.83. The lowest BCUT2D eigenvalue weighted by Gasteiger charge is -2.10. The van der Waals surface area contributed by atoms with Gasteiger partial charge in [-0.1, -0.05) is 18.2 Å². The fraction of sp³-hybridized carbons (Fsp3) is 0. The summed E-state index contributed by atoms with van der Waals surface area (Å²) in [6.45, 7) is 0. The molecule has 0 aromatic heterocycles. The summed E-state index contributed by atoms with van der Waals surface area (Å²) in [5, 5.41) is 8.09. The number of amides is 3. The van der Waals surface area contributed by atoms with Crippen molar-refractivity contribution in [2.24, 2.45) is 0 Å². The van der Waals surface area contributed by atoms with E-state index in [1.165, 1.54) is 12.1 Å². The van der Waals surface area contributed by atoms with E-state index in [2.05, 4.69) is 31.9 Å². The third-order valence-corrected chi connectivity index (χ3v) is 4.30. The molecule has 0 saturated heterocycles. The van der Waals surface area contributed by atoms with Gasteiger partial charge in [0.1, 0.15) is 5.82 Å². The molecule has 3 N–H and O–H groups in total. The van der Waals surface area contributed by atoms with Crippen LogP contribution < -0.4 is 16.0 Å². The van der Waals surface area contributed by atoms with E-state index >= 15 is 0 Å². The molecule has 0 spiro atoms. The van der Waals surface area contributed by atoms with Gasteiger partial charge in [-0.05, 0) is 70.5 Å². The van der Waals surface area contributed by atoms with Gasteiger partial charge in [0.25, 0.3) is 5.91 Å². The Morgan fingerprint density at radius 2 is 1.30 bits per heavy atom. The van der Waals surface area contributed by atoms with Crippen molar-refractivity contribution in [3.8, 4) is 0 Å². The Balaban J connectivity index is 1.61. The maximum Gasteiger partial charge on any atom is 0.323 e. The van der Waals surface area contributed by atoms with Crippen LogP contribution in [-0.2, 0) is 0 Å². The molecule has 0 aliphatic rings. The SMILES string of the molecule is O=C(Nc1ccccc1)Nc1ccc(NC(=O)c2cc(F)ccc2Br)cc1. The Morgan fingerprint density at radius 1 is 0.741 bits per heavy atom. The average Bonchev–Trinajstić information content (AvgIpc) is 2.66. The summed E-state index contributed by atoms with van der Waals surface area (Å²) < 4.78 is 13.8. The van der Waals surface area contributed by atoms with Crippen LogP contribution in [-0.4, -0.2) is 11.9 Å². The first kappa shape index (κ1) is 18.6. The molecule has 3 rings (SSSR count). The van der Waals surface area contributed by atoms with Gasteiger partial charge in [0.15, 0.2) is 0 Å². The lowest BCUT2D eigenvalue weighted by molar-refractivity contribution is 0.102. The van der Waals surface area contributed by atoms with Crippen LogP contribution >= 0.6 is 15.9 Å². The van der Waals surface area contributed by atoms with Crippen molar-refractivity contribution >= 4 is 44.9 Å². The molecule has 0 fully saturated rings. The highest BCUT2D eigenvalue weighted by Crippen LogP contribution is 2.20. The van der Waals surface area contributed by atoms with E-state index in [1.54, 1.807) is 36.4 Å². The minimum atomic E-state index is -0.493. The van der Waals surface area contributed by atoms with Crippen LogP contribution in [0.2, 0.25) is 0 Å². The Hall–Kier alpha value is -3.19. The maximum atomic E-state index is 13.3. The predicted molar refractivity (Wildman–Crippen MR) is 108 cm³/mol. The summed E-state index contributed by atoms with van der Waals surface area (Å²) in [5.74, 6) is -0.934. The number of anilines is 3. The molecule has 0 bridgehead atoms. The number of nitrogens with one attached hydrogen (secondary N) is 3. The topological polar surface area (TPSA) is 70.2 Å². The van der Waals surface area contributed by atoms with Gasteiger partial charge < -0.3 is 16.0 Å². The van der Waals surface area contributed by atoms with Gasteiger partial charge in [0.2, 0.25) is 0 Å². The lowest BCUT2D eigenvalue weighted by Crippen LogP contribution is -2.19. The van der Waals surface area contributed by atoms with Crippen LogP contribution in [0.1, 0.15) is 10.4 Å². The van der Waals surface area contributed by atoms with Crippen LogP contribution in [0.3, 0.4) is 0 Å². The first-order chi connectivity index (χ1) is 13.0. The first-order valence-electron chi connectivity index (χ1n) is 8.01. The Labute approximate surface area is 163 Å². The highest BCUT2D eigenvalue weighted by Gasteiger charge is 2.11. The smallest absolute Gasteiger partial charge is 0.322 e. The van der Waals surface area contributed by atoms with Gasteiger partial charge >= 0.3 is 6.03 Å². The molecule has 3 aromatic rings. The number of para-hydroxylation sites is 1. The van der Waals surface area contributed by atoms with Crippen LogP contribution in [0.15, 0.2) is 77.3 Å². The third-order valence-electron chi connectivity index (χ3n) is 3.61. The Morgan fingerprint density at radius 3 is 1.93 bits per heavy atom. The number of hydrogen-bond acceptors (Lipinski definition) is 2. The molecule has 3 aromatic carbocycles. The van der Waals surface area contributed by atoms with E-state index in [4.69, 9.17) is 0 Å². The highest BCUT2D eigenvalue weighted by molar-refractivity contribution is 9.10. The zero-order valence-electron chi connectivity index (χ0n) is 14.0. The molecule has 0 unspecified atom stereocenters. The first-order valence-corrected chi connectivity index (χ1v) is 8.80. The van der Waals surface area contributed by atoms with Crippen molar-refractivity contribution in [3.05, 3.63) is 88.6 Å². The number of urea groups is 1. The summed E-state index contributed by atoms with van der Waals surface area (Å²) in [4.78, 5) is 24.2. The summed E-state index contributed by atoms with van der Waals surface area (Å²) in [6.07, 6.45) is 0. The van der Waals surface area contributed by atoms with E-state index in [-0.39, 0.29) is 11.6 Å². The van der Waals surface area contributed by atoms with Crippen LogP contribution in [0.4, 0.5) is 26.2 Å². The number of benzene rings is 3. The number of halogens is 2. The second kappa shape index (κ2) is 8.46. The van der Waals surface area contributed by atoms with E-state index in [0.29, 0.717) is 21.5 Å². The standard InChI is InChI=1S/C20H15BrFN3O2/c21-18-11-6-13(22)12-17(18)19(26)23-15-7-9-16(10-8-15)25-20(27)24-14-4-2-1-3-5-14/h1-12H,(H,23,26)(H2,24,25,27). The number of carbonyl (C=O) groups is 2. The molecular weight excluding hydrogens is 413 g/mol. The molecule has 0 aliphatic heterocycles. The lowest BCUT2D eigenvalue weighted by atomic mass is 10.2. The van der Waals surface area contributed by atoms with Gasteiger partial charge in [0, 0.05) is 21.5 Å². The number of carbonyl (C=O) groups excluding carboxylic acids is 2. The molecule has 0 saturated carbocycles. The minimum absolute atomic E-state index is 0.194. The molecule has 3 amide bonds. The molecule has 0 atom stereocenters. The Bertz CT molecular complexity index is 963. The van der Waals surface area contributed by atoms with Crippen LogP contribution in [0.25, 0.3) is 0 Å². The zero-order chi connectivity index (χ0) is 19.2. The zero-order valence-corrected chi connectivity index (χ0v) is 15.6. The van der Waals surface area contributed by atoms with Gasteiger partial charge in [-0.2, -0.15) is 0 Å². The molecule has 7 heteroatoms. The van der Waals surface area contributed by atoms with Crippen molar-refractivity contribution in [2.45, 2.75) is 0 Å². The van der Waals surface area contributed by atoms with Gasteiger partial charge in [-0.25, -0.2) is 9.18 Å². The molecule has 0 aliphatic carbocycles. The van der Waals surface area contributed by atoms with Crippen molar-refractivity contribution in [2.75, 3.05) is 16.0 Å². The number of hydrogen-bond donors (Lipinski definition) is 3. The largest absolute Gasteiger partial charge is 0.323 e. The summed E-state index contributed by atoms with van der Waals surface area (Å²) in [5.41, 5.74) is 1.96. The van der Waals surface area contributed by atoms with E-state index in [0.717, 1.165) is 6.07 Å². The fourth-order valence-corrected chi connectivity index (χ4v) is 2.75. The average molecular weight is 428 g/mol. The maximum absolute atomic E-state index is 13.3. The van der Waals surface area contributed by atoms with Gasteiger partial charge in [-0.15, -0.1) is 0 Å². The summed E-state index contributed by atoms with van der Waals surface area (Å²) in [6, 6.07) is 19.2.